The summed E-state index contributed by atoms with van der Waals surface area (Å²) in [6, 6.07) is 0. The molecular formula is C22H30O3. The van der Waals surface area contributed by atoms with E-state index in [1.165, 1.54) is 0 Å². The van der Waals surface area contributed by atoms with Crippen LogP contribution in [0.3, 0.4) is 0 Å². The standard InChI is InChI=1S/C22H30O3/c1-13(23)16-5-6-17-15-12-20(25-4)19-11-14(24)7-9-22(19,3)18(15)8-10-21(16,17)2/h11-12,15-18H,5-10H2,1-4H3/t15-,16+,17-,18+,21+,22-/m0/s1. The smallest absolute Gasteiger partial charge is 0.156 e. The zero-order chi connectivity index (χ0) is 18.0. The number of hydrogen-bond donors (Lipinski definition) is 0. The van der Waals surface area contributed by atoms with Gasteiger partial charge in [0.1, 0.15) is 11.5 Å². The summed E-state index contributed by atoms with van der Waals surface area (Å²) in [5.74, 6) is 3.31. The summed E-state index contributed by atoms with van der Waals surface area (Å²) in [5.41, 5.74) is 1.29. The highest BCUT2D eigenvalue weighted by molar-refractivity contribution is 5.92. The van der Waals surface area contributed by atoms with E-state index in [1.807, 2.05) is 6.08 Å². The maximum Gasteiger partial charge on any atom is 0.156 e. The molecule has 0 radical (unpaired) electrons. The number of ether oxygens (including phenoxy) is 1. The van der Waals surface area contributed by atoms with E-state index < -0.39 is 0 Å². The number of carbonyl (C=O) groups excluding carboxylic acids is 2. The van der Waals surface area contributed by atoms with Crippen molar-refractivity contribution in [3.8, 4) is 0 Å². The van der Waals surface area contributed by atoms with Crippen LogP contribution in [-0.2, 0) is 14.3 Å². The van der Waals surface area contributed by atoms with E-state index in [-0.39, 0.29) is 22.5 Å². The molecule has 6 atom stereocenters. The van der Waals surface area contributed by atoms with Gasteiger partial charge in [-0.15, -0.1) is 0 Å². The summed E-state index contributed by atoms with van der Waals surface area (Å²) in [7, 11) is 1.72. The molecule has 0 spiro atoms. The first-order valence-electron chi connectivity index (χ1n) is 9.83. The Labute approximate surface area is 150 Å². The quantitative estimate of drug-likeness (QED) is 0.743. The Morgan fingerprint density at radius 2 is 1.92 bits per heavy atom. The predicted octanol–water partition coefficient (Wildman–Crippen LogP) is 4.47. The van der Waals surface area contributed by atoms with Crippen molar-refractivity contribution >= 4 is 11.6 Å². The molecule has 136 valence electrons. The molecule has 25 heavy (non-hydrogen) atoms. The van der Waals surface area contributed by atoms with Gasteiger partial charge in [-0.2, -0.15) is 0 Å². The molecule has 3 heteroatoms. The summed E-state index contributed by atoms with van der Waals surface area (Å²) in [5, 5.41) is 0. The van der Waals surface area contributed by atoms with Crippen molar-refractivity contribution in [2.45, 2.75) is 59.3 Å². The van der Waals surface area contributed by atoms with Gasteiger partial charge >= 0.3 is 0 Å². The van der Waals surface area contributed by atoms with Gasteiger partial charge < -0.3 is 4.74 Å². The molecule has 0 aromatic carbocycles. The number of allylic oxidation sites excluding steroid dienone is 3. The first kappa shape index (κ1) is 17.1. The first-order chi connectivity index (χ1) is 11.8. The average Bonchev–Trinajstić information content (AvgIpc) is 2.92. The van der Waals surface area contributed by atoms with Crippen LogP contribution in [0.2, 0.25) is 0 Å². The third-order valence-corrected chi connectivity index (χ3v) is 8.28. The van der Waals surface area contributed by atoms with Crippen LogP contribution in [0.15, 0.2) is 23.5 Å². The highest BCUT2D eigenvalue weighted by Gasteiger charge is 2.59. The molecule has 0 aromatic heterocycles. The Bertz CT molecular complexity index is 687. The number of Topliss-reactive ketones (excluding diaryl/α,β-unsaturated/α-hetero) is 1. The minimum Gasteiger partial charge on any atom is -0.497 e. The third kappa shape index (κ3) is 2.23. The third-order valence-electron chi connectivity index (χ3n) is 8.28. The van der Waals surface area contributed by atoms with Gasteiger partial charge in [0.15, 0.2) is 5.78 Å². The molecule has 2 saturated carbocycles. The number of hydrogen-bond acceptors (Lipinski definition) is 3. The van der Waals surface area contributed by atoms with E-state index in [1.54, 1.807) is 14.0 Å². The van der Waals surface area contributed by atoms with Crippen LogP contribution in [0.25, 0.3) is 0 Å². The Morgan fingerprint density at radius 3 is 2.60 bits per heavy atom. The molecule has 0 aliphatic heterocycles. The number of methoxy groups -OCH3 is 1. The molecule has 2 fully saturated rings. The summed E-state index contributed by atoms with van der Waals surface area (Å²) < 4.78 is 5.75. The lowest BCUT2D eigenvalue weighted by Gasteiger charge is -2.56. The van der Waals surface area contributed by atoms with Crippen LogP contribution in [0.5, 0.6) is 0 Å². The van der Waals surface area contributed by atoms with Crippen molar-refractivity contribution in [3.63, 3.8) is 0 Å². The Kier molecular flexibility index (Phi) is 3.79. The normalized spacial score (nSPS) is 45.7. The fraction of sp³-hybridized carbons (Fsp3) is 0.727. The molecule has 4 rings (SSSR count). The van der Waals surface area contributed by atoms with Crippen LogP contribution in [-0.4, -0.2) is 18.7 Å². The number of rotatable bonds is 2. The topological polar surface area (TPSA) is 43.4 Å². The second-order valence-electron chi connectivity index (χ2n) is 9.25. The second-order valence-corrected chi connectivity index (χ2v) is 9.25. The number of fused-ring (bicyclic) bond motifs is 5. The molecule has 0 aromatic rings. The maximum absolute atomic E-state index is 12.2. The van der Waals surface area contributed by atoms with Crippen molar-refractivity contribution in [1.82, 2.24) is 0 Å². The van der Waals surface area contributed by atoms with Gasteiger partial charge in [-0.25, -0.2) is 0 Å². The van der Waals surface area contributed by atoms with Gasteiger partial charge in [0.2, 0.25) is 0 Å². The number of carbonyl (C=O) groups is 2. The van der Waals surface area contributed by atoms with Crippen LogP contribution in [0.1, 0.15) is 59.3 Å². The van der Waals surface area contributed by atoms with E-state index in [0.29, 0.717) is 30.0 Å². The number of ketones is 2. The SMILES string of the molecule is COC1=C[C@@H]2[C@@H](CC[C@]3(C)[C@@H](C(C)=O)CC[C@@H]23)[C@]2(C)CCC(=O)C=C12. The second kappa shape index (κ2) is 5.56. The van der Waals surface area contributed by atoms with Gasteiger partial charge in [-0.1, -0.05) is 13.8 Å². The van der Waals surface area contributed by atoms with Gasteiger partial charge in [-0.3, -0.25) is 9.59 Å². The highest BCUT2D eigenvalue weighted by atomic mass is 16.5. The van der Waals surface area contributed by atoms with E-state index in [4.69, 9.17) is 4.74 Å². The fourth-order valence-corrected chi connectivity index (χ4v) is 6.93. The Morgan fingerprint density at radius 1 is 1.16 bits per heavy atom. The average molecular weight is 342 g/mol. The maximum atomic E-state index is 12.2. The lowest BCUT2D eigenvalue weighted by atomic mass is 9.48. The minimum absolute atomic E-state index is 0.0360. The molecule has 0 unspecified atom stereocenters. The molecule has 0 saturated heterocycles. The summed E-state index contributed by atoms with van der Waals surface area (Å²) in [6.45, 7) is 6.47. The summed E-state index contributed by atoms with van der Waals surface area (Å²) in [4.78, 5) is 24.3. The molecular weight excluding hydrogens is 312 g/mol. The van der Waals surface area contributed by atoms with Gasteiger partial charge in [0.25, 0.3) is 0 Å². The fourth-order valence-electron chi connectivity index (χ4n) is 6.93. The van der Waals surface area contributed by atoms with Crippen LogP contribution >= 0.6 is 0 Å². The van der Waals surface area contributed by atoms with Crippen LogP contribution in [0, 0.1) is 34.5 Å². The summed E-state index contributed by atoms with van der Waals surface area (Å²) in [6.07, 6.45) is 10.2. The van der Waals surface area contributed by atoms with Gasteiger partial charge in [-0.05, 0) is 74.3 Å². The van der Waals surface area contributed by atoms with E-state index in [2.05, 4.69) is 19.9 Å². The van der Waals surface area contributed by atoms with E-state index >= 15 is 0 Å². The van der Waals surface area contributed by atoms with Gasteiger partial charge in [0.05, 0.1) is 7.11 Å². The van der Waals surface area contributed by atoms with Crippen molar-refractivity contribution < 1.29 is 14.3 Å². The predicted molar refractivity (Wildman–Crippen MR) is 96.7 cm³/mol. The largest absolute Gasteiger partial charge is 0.497 e. The molecule has 3 nitrogen and oxygen atoms in total. The molecule has 0 amide bonds. The highest BCUT2D eigenvalue weighted by Crippen LogP contribution is 2.66. The van der Waals surface area contributed by atoms with Crippen molar-refractivity contribution in [1.29, 1.82) is 0 Å². The van der Waals surface area contributed by atoms with Crippen LogP contribution < -0.4 is 0 Å². The molecule has 4 aliphatic carbocycles. The van der Waals surface area contributed by atoms with Crippen molar-refractivity contribution in [2.75, 3.05) is 7.11 Å². The zero-order valence-corrected chi connectivity index (χ0v) is 15.9. The van der Waals surface area contributed by atoms with Crippen LogP contribution in [0.4, 0.5) is 0 Å². The molecule has 0 heterocycles. The monoisotopic (exact) mass is 342 g/mol. The summed E-state index contributed by atoms with van der Waals surface area (Å²) >= 11 is 0. The minimum atomic E-state index is 0.0360. The lowest BCUT2D eigenvalue weighted by molar-refractivity contribution is -0.127. The van der Waals surface area contributed by atoms with Gasteiger partial charge in [0, 0.05) is 23.3 Å². The molecule has 0 bridgehead atoms. The first-order valence-corrected chi connectivity index (χ1v) is 9.83. The Balaban J connectivity index is 1.79. The van der Waals surface area contributed by atoms with Crippen molar-refractivity contribution in [3.05, 3.63) is 23.5 Å². The lowest BCUT2D eigenvalue weighted by Crippen LogP contribution is -2.50. The van der Waals surface area contributed by atoms with Crippen molar-refractivity contribution in [2.24, 2.45) is 34.5 Å². The molecule has 0 N–H and O–H groups in total. The zero-order valence-electron chi connectivity index (χ0n) is 15.9. The van der Waals surface area contributed by atoms with E-state index in [0.717, 1.165) is 43.4 Å². The van der Waals surface area contributed by atoms with E-state index in [9.17, 15) is 9.59 Å². The Hall–Kier alpha value is -1.38. The molecule has 4 aliphatic rings.